The lowest BCUT2D eigenvalue weighted by molar-refractivity contribution is -0.142. The summed E-state index contributed by atoms with van der Waals surface area (Å²) in [6, 6.07) is 4.80. The molecule has 7 heteroatoms. The lowest BCUT2D eigenvalue weighted by Gasteiger charge is -2.55. The van der Waals surface area contributed by atoms with Crippen LogP contribution in [0.2, 0.25) is 0 Å². The van der Waals surface area contributed by atoms with Gasteiger partial charge in [0, 0.05) is 41.7 Å². The molecule has 0 amide bonds. The Bertz CT molecular complexity index is 946. The van der Waals surface area contributed by atoms with Crippen LogP contribution in [0.4, 0.5) is 5.69 Å². The number of carboxylic acid groups (broad SMARTS) is 1. The summed E-state index contributed by atoms with van der Waals surface area (Å²) in [6.07, 6.45) is 4.11. The first kappa shape index (κ1) is 18.5. The molecule has 1 aromatic rings. The standard InChI is InChI=1S/C23H28N2O5/c1-28-16-8-14-15(9-17(16)29-2)24-22-21-13-7-19-23(14,22)4-5-25(19)11-12(13)3-6-30-18(21)10-20(26)27/h3,8-9,13,18-19,21-22,24H,4-7,10-11H2,1-2H3,(H,26,27)/t13-,18-,19+,21+,22+,23+/m0/s1. The number of anilines is 1. The quantitative estimate of drug-likeness (QED) is 0.735. The largest absolute Gasteiger partial charge is 0.493 e. The van der Waals surface area contributed by atoms with E-state index in [1.807, 2.05) is 6.07 Å². The number of piperidine rings is 1. The molecule has 2 N–H and O–H groups in total. The maximum Gasteiger partial charge on any atom is 0.305 e. The number of benzene rings is 1. The van der Waals surface area contributed by atoms with Crippen LogP contribution in [0.1, 0.15) is 24.8 Å². The topological polar surface area (TPSA) is 80.3 Å². The van der Waals surface area contributed by atoms with E-state index in [9.17, 15) is 9.90 Å². The monoisotopic (exact) mass is 412 g/mol. The third-order valence-corrected chi connectivity index (χ3v) is 8.39. The minimum absolute atomic E-state index is 0.0495. The predicted octanol–water partition coefficient (Wildman–Crippen LogP) is 2.26. The molecule has 6 atom stereocenters. The molecule has 4 heterocycles. The fourth-order valence-corrected chi connectivity index (χ4v) is 7.32. The second-order valence-corrected chi connectivity index (χ2v) is 9.32. The van der Waals surface area contributed by atoms with Gasteiger partial charge >= 0.3 is 5.97 Å². The van der Waals surface area contributed by atoms with Crippen LogP contribution in [-0.4, -0.2) is 68.1 Å². The predicted molar refractivity (Wildman–Crippen MR) is 110 cm³/mol. The molecule has 3 fully saturated rings. The van der Waals surface area contributed by atoms with Crippen molar-refractivity contribution in [1.29, 1.82) is 0 Å². The van der Waals surface area contributed by atoms with E-state index < -0.39 is 5.97 Å². The van der Waals surface area contributed by atoms with Crippen molar-refractivity contribution in [3.05, 3.63) is 29.3 Å². The van der Waals surface area contributed by atoms with Gasteiger partial charge in [0.25, 0.3) is 0 Å². The van der Waals surface area contributed by atoms with Gasteiger partial charge in [0.1, 0.15) is 0 Å². The number of ether oxygens (including phenoxy) is 3. The number of fused-ring (bicyclic) bond motifs is 2. The molecule has 7 nitrogen and oxygen atoms in total. The molecule has 4 aliphatic heterocycles. The van der Waals surface area contributed by atoms with Gasteiger partial charge in [0.15, 0.2) is 11.5 Å². The first-order valence-corrected chi connectivity index (χ1v) is 10.9. The molecule has 30 heavy (non-hydrogen) atoms. The fraction of sp³-hybridized carbons (Fsp3) is 0.609. The molecule has 160 valence electrons. The molecule has 6 rings (SSSR count). The molecule has 0 radical (unpaired) electrons. The number of hydrogen-bond acceptors (Lipinski definition) is 6. The van der Waals surface area contributed by atoms with Gasteiger partial charge in [-0.2, -0.15) is 0 Å². The summed E-state index contributed by atoms with van der Waals surface area (Å²) in [5.74, 6) is 1.19. The minimum Gasteiger partial charge on any atom is -0.493 e. The molecule has 5 aliphatic rings. The van der Waals surface area contributed by atoms with E-state index in [0.717, 1.165) is 43.1 Å². The first-order valence-electron chi connectivity index (χ1n) is 10.9. The van der Waals surface area contributed by atoms with Gasteiger partial charge in [-0.15, -0.1) is 0 Å². The van der Waals surface area contributed by atoms with Crippen LogP contribution in [0.15, 0.2) is 23.8 Å². The molecule has 1 aromatic carbocycles. The zero-order chi connectivity index (χ0) is 20.6. The van der Waals surface area contributed by atoms with Crippen LogP contribution in [0.3, 0.4) is 0 Å². The Labute approximate surface area is 176 Å². The summed E-state index contributed by atoms with van der Waals surface area (Å²) in [5, 5.41) is 13.4. The van der Waals surface area contributed by atoms with Crippen LogP contribution in [0.25, 0.3) is 0 Å². The fourth-order valence-electron chi connectivity index (χ4n) is 7.32. The van der Waals surface area contributed by atoms with Crippen molar-refractivity contribution in [2.24, 2.45) is 11.8 Å². The molecule has 0 aromatic heterocycles. The van der Waals surface area contributed by atoms with E-state index >= 15 is 0 Å². The van der Waals surface area contributed by atoms with Crippen molar-refractivity contribution in [2.75, 3.05) is 39.2 Å². The Balaban J connectivity index is 1.52. The number of nitrogens with zero attached hydrogens (tertiary/aromatic N) is 1. The van der Waals surface area contributed by atoms with E-state index in [4.69, 9.17) is 14.2 Å². The van der Waals surface area contributed by atoms with Crippen molar-refractivity contribution >= 4 is 11.7 Å². The molecule has 2 bridgehead atoms. The van der Waals surface area contributed by atoms with Crippen LogP contribution in [0, 0.1) is 11.8 Å². The summed E-state index contributed by atoms with van der Waals surface area (Å²) in [6.45, 7) is 2.55. The van der Waals surface area contributed by atoms with E-state index in [0.29, 0.717) is 18.6 Å². The molecular weight excluding hydrogens is 384 g/mol. The lowest BCUT2D eigenvalue weighted by Crippen LogP contribution is -2.64. The van der Waals surface area contributed by atoms with Gasteiger partial charge in [0.2, 0.25) is 0 Å². The highest BCUT2D eigenvalue weighted by Crippen LogP contribution is 2.63. The van der Waals surface area contributed by atoms with Crippen LogP contribution in [-0.2, 0) is 14.9 Å². The second-order valence-electron chi connectivity index (χ2n) is 9.32. The van der Waals surface area contributed by atoms with Gasteiger partial charge in [-0.3, -0.25) is 9.69 Å². The van der Waals surface area contributed by atoms with E-state index in [-0.39, 0.29) is 29.9 Å². The Morgan fingerprint density at radius 1 is 1.33 bits per heavy atom. The zero-order valence-corrected chi connectivity index (χ0v) is 17.4. The number of methoxy groups -OCH3 is 2. The third-order valence-electron chi connectivity index (χ3n) is 8.39. The lowest BCUT2D eigenvalue weighted by atomic mass is 9.54. The third kappa shape index (κ3) is 2.25. The molecule has 1 saturated carbocycles. The van der Waals surface area contributed by atoms with Crippen molar-refractivity contribution in [3.63, 3.8) is 0 Å². The van der Waals surface area contributed by atoms with Gasteiger partial charge in [0.05, 0.1) is 33.4 Å². The Kier molecular flexibility index (Phi) is 3.93. The molecular formula is C23H28N2O5. The van der Waals surface area contributed by atoms with Crippen molar-refractivity contribution in [2.45, 2.75) is 42.9 Å². The van der Waals surface area contributed by atoms with Crippen LogP contribution in [0.5, 0.6) is 11.5 Å². The molecule has 2 saturated heterocycles. The van der Waals surface area contributed by atoms with Gasteiger partial charge < -0.3 is 24.6 Å². The Morgan fingerprint density at radius 2 is 2.13 bits per heavy atom. The van der Waals surface area contributed by atoms with Crippen molar-refractivity contribution < 1.29 is 24.1 Å². The molecule has 1 aliphatic carbocycles. The van der Waals surface area contributed by atoms with Crippen LogP contribution >= 0.6 is 0 Å². The van der Waals surface area contributed by atoms with Gasteiger partial charge in [-0.1, -0.05) is 11.6 Å². The number of carboxylic acids is 1. The average molecular weight is 412 g/mol. The number of rotatable bonds is 4. The highest BCUT2D eigenvalue weighted by molar-refractivity contribution is 5.71. The summed E-state index contributed by atoms with van der Waals surface area (Å²) >= 11 is 0. The highest BCUT2D eigenvalue weighted by atomic mass is 16.5. The highest BCUT2D eigenvalue weighted by Gasteiger charge is 2.67. The normalized spacial score (nSPS) is 38.1. The van der Waals surface area contributed by atoms with E-state index in [1.165, 1.54) is 11.1 Å². The van der Waals surface area contributed by atoms with Crippen molar-refractivity contribution in [3.8, 4) is 11.5 Å². The second kappa shape index (κ2) is 6.37. The smallest absolute Gasteiger partial charge is 0.305 e. The Morgan fingerprint density at radius 3 is 2.90 bits per heavy atom. The maximum atomic E-state index is 11.7. The summed E-state index contributed by atoms with van der Waals surface area (Å²) < 4.78 is 17.4. The summed E-state index contributed by atoms with van der Waals surface area (Å²) in [7, 11) is 3.34. The molecule has 0 unspecified atom stereocenters. The number of nitrogens with one attached hydrogen (secondary N) is 1. The first-order chi connectivity index (χ1) is 14.6. The summed E-state index contributed by atoms with van der Waals surface area (Å²) in [5.41, 5.74) is 3.77. The molecule has 1 spiro atoms. The Hall–Kier alpha value is -2.25. The van der Waals surface area contributed by atoms with Gasteiger partial charge in [-0.05, 0) is 36.9 Å². The van der Waals surface area contributed by atoms with E-state index in [1.54, 1.807) is 14.2 Å². The van der Waals surface area contributed by atoms with Crippen LogP contribution < -0.4 is 14.8 Å². The average Bonchev–Trinajstić information content (AvgIpc) is 3.21. The van der Waals surface area contributed by atoms with Gasteiger partial charge in [-0.25, -0.2) is 0 Å². The van der Waals surface area contributed by atoms with E-state index in [2.05, 4.69) is 22.4 Å². The number of hydrogen-bond donors (Lipinski definition) is 2. The number of carbonyl (C=O) groups is 1. The minimum atomic E-state index is -0.790. The van der Waals surface area contributed by atoms with Crippen molar-refractivity contribution in [1.82, 2.24) is 4.90 Å². The SMILES string of the molecule is COc1cc2c(cc1OC)[C@@]13CCN4CC5=CCO[C@@H](CC(=O)O)[C@H]([C@H]1N2)[C@H]5C[C@@H]43. The maximum absolute atomic E-state index is 11.7. The number of aliphatic carboxylic acids is 1. The zero-order valence-electron chi connectivity index (χ0n) is 17.4. The summed E-state index contributed by atoms with van der Waals surface area (Å²) in [4.78, 5) is 14.3.